The summed E-state index contributed by atoms with van der Waals surface area (Å²) in [4.78, 5) is 13.5. The predicted molar refractivity (Wildman–Crippen MR) is 71.9 cm³/mol. The Labute approximate surface area is 108 Å². The maximum absolute atomic E-state index is 13.6. The number of nitrogens with two attached hydrogens (primary N) is 1. The van der Waals surface area contributed by atoms with Crippen molar-refractivity contribution in [2.45, 2.75) is 39.2 Å². The Morgan fingerprint density at radius 3 is 2.50 bits per heavy atom. The topological polar surface area (TPSA) is 46.3 Å². The highest BCUT2D eigenvalue weighted by Gasteiger charge is 2.19. The van der Waals surface area contributed by atoms with Gasteiger partial charge in [-0.3, -0.25) is 4.79 Å². The summed E-state index contributed by atoms with van der Waals surface area (Å²) in [5.41, 5.74) is 5.80. The molecule has 0 heterocycles. The molecule has 0 radical (unpaired) electrons. The lowest BCUT2D eigenvalue weighted by molar-refractivity contribution is -0.118. The summed E-state index contributed by atoms with van der Waals surface area (Å²) in [5, 5.41) is 0. The molecule has 1 amide bonds. The zero-order valence-electron chi connectivity index (χ0n) is 11.2. The van der Waals surface area contributed by atoms with E-state index in [4.69, 9.17) is 5.73 Å². The van der Waals surface area contributed by atoms with Gasteiger partial charge in [0.2, 0.25) is 5.91 Å². The van der Waals surface area contributed by atoms with Crippen molar-refractivity contribution in [1.82, 2.24) is 0 Å². The number of benzene rings is 1. The van der Waals surface area contributed by atoms with Gasteiger partial charge in [0.05, 0.1) is 5.69 Å². The van der Waals surface area contributed by atoms with Crippen molar-refractivity contribution < 1.29 is 9.18 Å². The molecular formula is C14H21FN2O. The molecule has 1 aromatic rings. The predicted octanol–water partition coefficient (Wildman–Crippen LogP) is 2.70. The van der Waals surface area contributed by atoms with Gasteiger partial charge in [0, 0.05) is 18.5 Å². The highest BCUT2D eigenvalue weighted by atomic mass is 19.1. The number of amides is 1. The third-order valence-corrected chi connectivity index (χ3v) is 2.74. The van der Waals surface area contributed by atoms with Gasteiger partial charge >= 0.3 is 0 Å². The zero-order chi connectivity index (χ0) is 13.8. The van der Waals surface area contributed by atoms with Gasteiger partial charge in [-0.2, -0.15) is 0 Å². The molecule has 0 aliphatic heterocycles. The number of carbonyl (C=O) groups excluding carboxylic acids is 1. The van der Waals surface area contributed by atoms with Crippen LogP contribution in [-0.2, 0) is 4.79 Å². The van der Waals surface area contributed by atoms with Crippen molar-refractivity contribution in [2.24, 2.45) is 5.73 Å². The van der Waals surface area contributed by atoms with Gasteiger partial charge in [-0.25, -0.2) is 4.39 Å². The van der Waals surface area contributed by atoms with E-state index in [9.17, 15) is 9.18 Å². The van der Waals surface area contributed by atoms with Gasteiger partial charge < -0.3 is 10.6 Å². The number of hydrogen-bond donors (Lipinski definition) is 1. The molecule has 0 aliphatic rings. The van der Waals surface area contributed by atoms with E-state index in [1.54, 1.807) is 18.2 Å². The second-order valence-corrected chi connectivity index (χ2v) is 5.08. The zero-order valence-corrected chi connectivity index (χ0v) is 11.2. The third kappa shape index (κ3) is 4.11. The lowest BCUT2D eigenvalue weighted by atomic mass is 9.99. The summed E-state index contributed by atoms with van der Waals surface area (Å²) >= 11 is 0. The molecule has 0 aliphatic carbocycles. The van der Waals surface area contributed by atoms with Crippen molar-refractivity contribution in [1.29, 1.82) is 0 Å². The molecule has 2 N–H and O–H groups in total. The van der Waals surface area contributed by atoms with Crippen molar-refractivity contribution in [2.75, 3.05) is 11.4 Å². The lowest BCUT2D eigenvalue weighted by Gasteiger charge is -2.24. The molecule has 0 saturated carbocycles. The number of hydrogen-bond acceptors (Lipinski definition) is 2. The van der Waals surface area contributed by atoms with E-state index in [1.807, 2.05) is 20.8 Å². The van der Waals surface area contributed by atoms with Crippen LogP contribution in [0.15, 0.2) is 24.3 Å². The van der Waals surface area contributed by atoms with Crippen LogP contribution in [-0.4, -0.2) is 18.0 Å². The number of halogens is 1. The van der Waals surface area contributed by atoms with E-state index in [0.29, 0.717) is 25.1 Å². The van der Waals surface area contributed by atoms with Gasteiger partial charge in [0.1, 0.15) is 5.82 Å². The van der Waals surface area contributed by atoms with Crippen molar-refractivity contribution >= 4 is 11.6 Å². The molecule has 0 saturated heterocycles. The Morgan fingerprint density at radius 1 is 1.39 bits per heavy atom. The van der Waals surface area contributed by atoms with Crippen LogP contribution >= 0.6 is 0 Å². The second kappa shape index (κ2) is 5.96. The van der Waals surface area contributed by atoms with Crippen molar-refractivity contribution in [3.05, 3.63) is 30.1 Å². The fourth-order valence-electron chi connectivity index (χ4n) is 1.72. The molecule has 1 aromatic carbocycles. The van der Waals surface area contributed by atoms with Crippen molar-refractivity contribution in [3.63, 3.8) is 0 Å². The number of carbonyl (C=O) groups is 1. The first-order valence-electron chi connectivity index (χ1n) is 6.19. The Balaban J connectivity index is 2.78. The molecule has 4 heteroatoms. The monoisotopic (exact) mass is 252 g/mol. The summed E-state index contributed by atoms with van der Waals surface area (Å²) < 4.78 is 13.6. The Bertz CT molecular complexity index is 413. The molecule has 3 nitrogen and oxygen atoms in total. The van der Waals surface area contributed by atoms with Crippen LogP contribution in [0.4, 0.5) is 10.1 Å². The van der Waals surface area contributed by atoms with Gasteiger partial charge in [0.15, 0.2) is 0 Å². The fraction of sp³-hybridized carbons (Fsp3) is 0.500. The molecule has 0 atom stereocenters. The number of para-hydroxylation sites is 1. The second-order valence-electron chi connectivity index (χ2n) is 5.08. The largest absolute Gasteiger partial charge is 0.326 e. The summed E-state index contributed by atoms with van der Waals surface area (Å²) in [6.45, 7) is 6.03. The van der Waals surface area contributed by atoms with Crippen LogP contribution < -0.4 is 10.6 Å². The van der Waals surface area contributed by atoms with Crippen LogP contribution in [0, 0.1) is 5.82 Å². The molecule has 0 spiro atoms. The van der Waals surface area contributed by atoms with Crippen molar-refractivity contribution in [3.8, 4) is 0 Å². The Morgan fingerprint density at radius 2 is 2.00 bits per heavy atom. The van der Waals surface area contributed by atoms with Crippen LogP contribution in [0.25, 0.3) is 0 Å². The first-order chi connectivity index (χ1) is 8.35. The molecule has 100 valence electrons. The minimum Gasteiger partial charge on any atom is -0.326 e. The minimum absolute atomic E-state index is 0.0962. The molecule has 0 bridgehead atoms. The summed E-state index contributed by atoms with van der Waals surface area (Å²) in [5.74, 6) is -0.471. The maximum Gasteiger partial charge on any atom is 0.227 e. The minimum atomic E-state index is -0.385. The summed E-state index contributed by atoms with van der Waals surface area (Å²) in [6.07, 6.45) is 0.905. The molecule has 0 aromatic heterocycles. The van der Waals surface area contributed by atoms with Gasteiger partial charge in [-0.05, 0) is 39.3 Å². The first-order valence-corrected chi connectivity index (χ1v) is 6.19. The fourth-order valence-corrected chi connectivity index (χ4v) is 1.72. The van der Waals surface area contributed by atoms with E-state index in [-0.39, 0.29) is 17.3 Å². The molecule has 1 rings (SSSR count). The number of rotatable bonds is 5. The summed E-state index contributed by atoms with van der Waals surface area (Å²) in [7, 11) is 0. The average Bonchev–Trinajstić information content (AvgIpc) is 2.29. The molecule has 18 heavy (non-hydrogen) atoms. The lowest BCUT2D eigenvalue weighted by Crippen LogP contribution is -2.36. The maximum atomic E-state index is 13.6. The summed E-state index contributed by atoms with van der Waals surface area (Å²) in [6, 6.07) is 6.31. The third-order valence-electron chi connectivity index (χ3n) is 2.74. The molecule has 0 fully saturated rings. The smallest absolute Gasteiger partial charge is 0.227 e. The van der Waals surface area contributed by atoms with Gasteiger partial charge in [0.25, 0.3) is 0 Å². The van der Waals surface area contributed by atoms with Gasteiger partial charge in [-0.15, -0.1) is 0 Å². The van der Waals surface area contributed by atoms with E-state index in [1.165, 1.54) is 11.0 Å². The Kier molecular flexibility index (Phi) is 4.84. The standard InChI is InChI=1S/C14H21FN2O/c1-4-17(12-8-6-5-7-11(12)15)13(18)9-10-14(2,3)16/h5-8H,4,9-10,16H2,1-3H3. The highest BCUT2D eigenvalue weighted by Crippen LogP contribution is 2.20. The van der Waals surface area contributed by atoms with E-state index < -0.39 is 0 Å². The number of nitrogens with zero attached hydrogens (tertiary/aromatic N) is 1. The molecule has 0 unspecified atom stereocenters. The van der Waals surface area contributed by atoms with Crippen LogP contribution in [0.2, 0.25) is 0 Å². The quantitative estimate of drug-likeness (QED) is 0.875. The first kappa shape index (κ1) is 14.6. The van der Waals surface area contributed by atoms with Gasteiger partial charge in [-0.1, -0.05) is 12.1 Å². The van der Waals surface area contributed by atoms with E-state index in [2.05, 4.69) is 0 Å². The average molecular weight is 252 g/mol. The highest BCUT2D eigenvalue weighted by molar-refractivity contribution is 5.93. The number of anilines is 1. The van der Waals surface area contributed by atoms with E-state index in [0.717, 1.165) is 0 Å². The molecular weight excluding hydrogens is 231 g/mol. The normalized spacial score (nSPS) is 11.4. The Hall–Kier alpha value is -1.42. The van der Waals surface area contributed by atoms with Crippen LogP contribution in [0.1, 0.15) is 33.6 Å². The van der Waals surface area contributed by atoms with Crippen LogP contribution in [0.3, 0.4) is 0 Å². The van der Waals surface area contributed by atoms with E-state index >= 15 is 0 Å². The SMILES string of the molecule is CCN(C(=O)CCC(C)(C)N)c1ccccc1F. The van der Waals surface area contributed by atoms with Crippen LogP contribution in [0.5, 0.6) is 0 Å².